The molecular weight excluding hydrogens is 434 g/mol. The first-order valence-corrected chi connectivity index (χ1v) is 10.7. The van der Waals surface area contributed by atoms with Crippen LogP contribution in [-0.4, -0.2) is 26.7 Å². The molecule has 2 N–H and O–H groups in total. The Hall–Kier alpha value is -3.22. The maximum Gasteiger partial charge on any atom is 0.270 e. The van der Waals surface area contributed by atoms with Crippen molar-refractivity contribution in [1.82, 2.24) is 9.97 Å². The number of amides is 2. The number of fused-ring (bicyclic) bond motifs is 1. The molecular formula is C17H11N5O4S3. The van der Waals surface area contributed by atoms with Gasteiger partial charge in [-0.15, -0.1) is 11.3 Å². The van der Waals surface area contributed by atoms with E-state index in [4.69, 9.17) is 0 Å². The summed E-state index contributed by atoms with van der Waals surface area (Å²) < 4.78 is 0.613. The lowest BCUT2D eigenvalue weighted by atomic mass is 10.3. The van der Waals surface area contributed by atoms with Crippen molar-refractivity contribution in [2.45, 2.75) is 6.42 Å². The van der Waals surface area contributed by atoms with Gasteiger partial charge in [0.05, 0.1) is 32.8 Å². The highest BCUT2D eigenvalue weighted by Crippen LogP contribution is 2.29. The van der Waals surface area contributed by atoms with Gasteiger partial charge in [-0.3, -0.25) is 25.0 Å². The van der Waals surface area contributed by atoms with E-state index in [-0.39, 0.29) is 23.9 Å². The predicted molar refractivity (Wildman–Crippen MR) is 113 cm³/mol. The Morgan fingerprint density at radius 2 is 1.97 bits per heavy atom. The SMILES string of the molecule is O=C(Cc1csc(NC(=O)c2ccsc2)n1)Nc1nc2ccc([N+](=O)[O-])cc2s1. The Morgan fingerprint density at radius 1 is 1.10 bits per heavy atom. The minimum Gasteiger partial charge on any atom is -0.302 e. The Labute approximate surface area is 175 Å². The average molecular weight is 446 g/mol. The van der Waals surface area contributed by atoms with E-state index in [0.717, 1.165) is 11.3 Å². The lowest BCUT2D eigenvalue weighted by Gasteiger charge is -1.99. The molecule has 0 aliphatic heterocycles. The number of aromatic nitrogens is 2. The van der Waals surface area contributed by atoms with E-state index < -0.39 is 4.92 Å². The Kier molecular flexibility index (Phi) is 5.29. The smallest absolute Gasteiger partial charge is 0.270 e. The van der Waals surface area contributed by atoms with Gasteiger partial charge >= 0.3 is 0 Å². The first-order chi connectivity index (χ1) is 14.0. The third kappa shape index (κ3) is 4.45. The Bertz CT molecular complexity index is 1220. The number of nitrogens with one attached hydrogen (secondary N) is 2. The number of nitro benzene ring substituents is 1. The number of nitrogens with zero attached hydrogens (tertiary/aromatic N) is 3. The maximum atomic E-state index is 12.3. The van der Waals surface area contributed by atoms with Crippen LogP contribution in [0.2, 0.25) is 0 Å². The van der Waals surface area contributed by atoms with E-state index in [1.807, 2.05) is 5.38 Å². The second kappa shape index (κ2) is 8.03. The van der Waals surface area contributed by atoms with Gasteiger partial charge in [0.25, 0.3) is 11.6 Å². The van der Waals surface area contributed by atoms with Gasteiger partial charge in [-0.25, -0.2) is 9.97 Å². The standard InChI is InChI=1S/C17H11N5O4S3/c23-14(20-17-19-12-2-1-11(22(25)26)6-13(12)29-17)5-10-8-28-16(18-10)21-15(24)9-3-4-27-7-9/h1-4,6-8H,5H2,(H,18,21,24)(H,19,20,23). The molecule has 4 aromatic rings. The van der Waals surface area contributed by atoms with E-state index >= 15 is 0 Å². The summed E-state index contributed by atoms with van der Waals surface area (Å²) in [6.45, 7) is 0. The molecule has 0 unspecified atom stereocenters. The predicted octanol–water partition coefficient (Wildman–Crippen LogP) is 4.16. The van der Waals surface area contributed by atoms with Crippen LogP contribution in [0.5, 0.6) is 0 Å². The molecule has 146 valence electrons. The molecule has 0 saturated heterocycles. The summed E-state index contributed by atoms with van der Waals surface area (Å²) in [5.41, 5.74) is 1.62. The molecule has 0 radical (unpaired) electrons. The van der Waals surface area contributed by atoms with Gasteiger partial charge in [-0.05, 0) is 17.5 Å². The van der Waals surface area contributed by atoms with Crippen molar-refractivity contribution < 1.29 is 14.5 Å². The minimum atomic E-state index is -0.478. The summed E-state index contributed by atoms with van der Waals surface area (Å²) in [7, 11) is 0. The Balaban J connectivity index is 1.38. The van der Waals surface area contributed by atoms with Gasteiger partial charge in [0.15, 0.2) is 10.3 Å². The van der Waals surface area contributed by atoms with Crippen LogP contribution in [0.1, 0.15) is 16.1 Å². The molecule has 29 heavy (non-hydrogen) atoms. The summed E-state index contributed by atoms with van der Waals surface area (Å²) in [5, 5.41) is 22.3. The van der Waals surface area contributed by atoms with Crippen molar-refractivity contribution in [3.8, 4) is 0 Å². The van der Waals surface area contributed by atoms with Crippen LogP contribution < -0.4 is 10.6 Å². The molecule has 1 aromatic carbocycles. The number of carbonyl (C=O) groups excluding carboxylic acids is 2. The number of non-ortho nitro benzene ring substituents is 1. The number of anilines is 2. The van der Waals surface area contributed by atoms with Gasteiger partial charge < -0.3 is 5.32 Å². The quantitative estimate of drug-likeness (QED) is 0.339. The van der Waals surface area contributed by atoms with Crippen LogP contribution >= 0.6 is 34.0 Å². The number of thiophene rings is 1. The third-order valence-corrected chi connectivity index (χ3v) is 6.15. The number of benzene rings is 1. The maximum absolute atomic E-state index is 12.3. The first-order valence-electron chi connectivity index (χ1n) is 8.11. The highest BCUT2D eigenvalue weighted by Gasteiger charge is 2.14. The van der Waals surface area contributed by atoms with Crippen molar-refractivity contribution in [2.24, 2.45) is 0 Å². The van der Waals surface area contributed by atoms with Gasteiger partial charge in [-0.1, -0.05) is 11.3 Å². The third-order valence-electron chi connectivity index (χ3n) is 3.73. The molecule has 0 atom stereocenters. The number of hydrogen-bond acceptors (Lipinski definition) is 9. The zero-order valence-electron chi connectivity index (χ0n) is 14.4. The number of hydrogen-bond donors (Lipinski definition) is 2. The van der Waals surface area contributed by atoms with Crippen molar-refractivity contribution in [2.75, 3.05) is 10.6 Å². The van der Waals surface area contributed by atoms with E-state index in [9.17, 15) is 19.7 Å². The largest absolute Gasteiger partial charge is 0.302 e. The van der Waals surface area contributed by atoms with Gasteiger partial charge in [0.2, 0.25) is 5.91 Å². The minimum absolute atomic E-state index is 0.0148. The van der Waals surface area contributed by atoms with Crippen LogP contribution in [0.4, 0.5) is 16.0 Å². The topological polar surface area (TPSA) is 127 Å². The number of carbonyl (C=O) groups is 2. The highest BCUT2D eigenvalue weighted by atomic mass is 32.1. The zero-order valence-corrected chi connectivity index (χ0v) is 16.9. The fraction of sp³-hybridized carbons (Fsp3) is 0.0588. The fourth-order valence-corrected chi connectivity index (χ4v) is 4.67. The van der Waals surface area contributed by atoms with Crippen LogP contribution in [0.25, 0.3) is 10.2 Å². The van der Waals surface area contributed by atoms with Crippen LogP contribution in [0, 0.1) is 10.1 Å². The summed E-state index contributed by atoms with van der Waals surface area (Å²) in [6, 6.07) is 6.05. The lowest BCUT2D eigenvalue weighted by Crippen LogP contribution is -2.15. The molecule has 3 aromatic heterocycles. The molecule has 2 amide bonds. The molecule has 0 saturated carbocycles. The average Bonchev–Trinajstić information content (AvgIpc) is 3.41. The summed E-state index contributed by atoms with van der Waals surface area (Å²) in [6.07, 6.45) is 0.0148. The van der Waals surface area contributed by atoms with Crippen LogP contribution in [0.15, 0.2) is 40.4 Å². The number of rotatable bonds is 6. The van der Waals surface area contributed by atoms with Crippen molar-refractivity contribution in [1.29, 1.82) is 0 Å². The monoisotopic (exact) mass is 445 g/mol. The number of nitro groups is 1. The first kappa shape index (κ1) is 19.1. The molecule has 0 aliphatic rings. The molecule has 9 nitrogen and oxygen atoms in total. The lowest BCUT2D eigenvalue weighted by molar-refractivity contribution is -0.384. The van der Waals surface area contributed by atoms with Crippen molar-refractivity contribution in [3.05, 3.63) is 61.8 Å². The zero-order chi connectivity index (χ0) is 20.4. The second-order valence-electron chi connectivity index (χ2n) is 5.76. The van der Waals surface area contributed by atoms with Crippen LogP contribution in [0.3, 0.4) is 0 Å². The highest BCUT2D eigenvalue weighted by molar-refractivity contribution is 7.22. The molecule has 0 spiro atoms. The van der Waals surface area contributed by atoms with Crippen molar-refractivity contribution >= 4 is 72.0 Å². The van der Waals surface area contributed by atoms with Crippen LogP contribution in [-0.2, 0) is 11.2 Å². The molecule has 0 fully saturated rings. The molecule has 3 heterocycles. The summed E-state index contributed by atoms with van der Waals surface area (Å²) in [4.78, 5) is 43.2. The Morgan fingerprint density at radius 3 is 2.72 bits per heavy atom. The van der Waals surface area contributed by atoms with Crippen molar-refractivity contribution in [3.63, 3.8) is 0 Å². The van der Waals surface area contributed by atoms with E-state index in [0.29, 0.717) is 31.7 Å². The van der Waals surface area contributed by atoms with Gasteiger partial charge in [0, 0.05) is 22.9 Å². The second-order valence-corrected chi connectivity index (χ2v) is 8.43. The normalized spacial score (nSPS) is 10.8. The summed E-state index contributed by atoms with van der Waals surface area (Å²) >= 11 is 3.82. The molecule has 12 heteroatoms. The fourth-order valence-electron chi connectivity index (χ4n) is 2.42. The molecule has 4 rings (SSSR count). The van der Waals surface area contributed by atoms with E-state index in [2.05, 4.69) is 20.6 Å². The number of thiazole rings is 2. The van der Waals surface area contributed by atoms with E-state index in [1.165, 1.54) is 34.8 Å². The van der Waals surface area contributed by atoms with Gasteiger partial charge in [-0.2, -0.15) is 11.3 Å². The van der Waals surface area contributed by atoms with E-state index in [1.54, 1.807) is 22.9 Å². The molecule has 0 aliphatic carbocycles. The molecule has 0 bridgehead atoms. The summed E-state index contributed by atoms with van der Waals surface area (Å²) in [5.74, 6) is -0.570. The van der Waals surface area contributed by atoms with Gasteiger partial charge in [0.1, 0.15) is 0 Å².